The Morgan fingerprint density at radius 3 is 2.69 bits per heavy atom. The summed E-state index contributed by atoms with van der Waals surface area (Å²) < 4.78 is 6.15. The fraction of sp³-hybridized carbons (Fsp3) is 0.762. The maximum Gasteiger partial charge on any atom is 0.328 e. The molecule has 2 aliphatic heterocycles. The molecule has 3 fully saturated rings. The van der Waals surface area contributed by atoms with Crippen molar-refractivity contribution >= 4 is 17.7 Å². The normalized spacial score (nSPS) is 33.4. The predicted octanol–water partition coefficient (Wildman–Crippen LogP) is 4.04. The van der Waals surface area contributed by atoms with Gasteiger partial charge in [-0.3, -0.25) is 0 Å². The molecule has 1 aliphatic carbocycles. The van der Waals surface area contributed by atoms with Crippen LogP contribution in [0.15, 0.2) is 24.3 Å². The van der Waals surface area contributed by atoms with E-state index in [0.29, 0.717) is 30.0 Å². The Morgan fingerprint density at radius 2 is 1.92 bits per heavy atom. The first-order valence-electron chi connectivity index (χ1n) is 10.1. The lowest BCUT2D eigenvalue weighted by Crippen LogP contribution is -2.27. The summed E-state index contributed by atoms with van der Waals surface area (Å²) >= 11 is 1.78. The topological polar surface area (TPSA) is 66.8 Å². The summed E-state index contributed by atoms with van der Waals surface area (Å²) in [7, 11) is 0. The molecule has 146 valence electrons. The number of fused-ring (bicyclic) bond motifs is 2. The van der Waals surface area contributed by atoms with Crippen molar-refractivity contribution < 1.29 is 19.7 Å². The highest BCUT2D eigenvalue weighted by Crippen LogP contribution is 2.46. The standard InChI is InChI=1S/C21H32O4S/c22-18(15-5-2-1-3-6-15)9-8-16-17(20-11-10-19(16)25-20)12-14-26-13-4-7-21(23)24/h4,7-9,15-20,22H,1-3,5-6,10-14H2,(H,23,24)/b7-4?,9-8+/t16-,17+,18?,19-,20+/m0/s1. The van der Waals surface area contributed by atoms with Gasteiger partial charge in [0.15, 0.2) is 0 Å². The van der Waals surface area contributed by atoms with Crippen LogP contribution in [0, 0.1) is 17.8 Å². The van der Waals surface area contributed by atoms with Gasteiger partial charge in [0.05, 0.1) is 18.3 Å². The second-order valence-electron chi connectivity index (χ2n) is 7.91. The van der Waals surface area contributed by atoms with Crippen molar-refractivity contribution in [3.63, 3.8) is 0 Å². The Hall–Kier alpha value is -0.780. The van der Waals surface area contributed by atoms with Gasteiger partial charge >= 0.3 is 5.97 Å². The van der Waals surface area contributed by atoms with E-state index in [1.165, 1.54) is 25.3 Å². The maximum absolute atomic E-state index is 10.5. The number of aliphatic hydroxyl groups is 1. The lowest BCUT2D eigenvalue weighted by atomic mass is 9.77. The number of hydrogen-bond acceptors (Lipinski definition) is 4. The number of carbonyl (C=O) groups is 1. The van der Waals surface area contributed by atoms with Gasteiger partial charge < -0.3 is 14.9 Å². The van der Waals surface area contributed by atoms with Crippen molar-refractivity contribution in [2.45, 2.75) is 69.7 Å². The molecule has 2 heterocycles. The van der Waals surface area contributed by atoms with Gasteiger partial charge in [0.1, 0.15) is 0 Å². The van der Waals surface area contributed by atoms with Crippen LogP contribution in [0.4, 0.5) is 0 Å². The zero-order valence-corrected chi connectivity index (χ0v) is 16.3. The highest BCUT2D eigenvalue weighted by molar-refractivity contribution is 7.99. The minimum Gasteiger partial charge on any atom is -0.478 e. The van der Waals surface area contributed by atoms with Gasteiger partial charge in [-0.25, -0.2) is 4.79 Å². The van der Waals surface area contributed by atoms with Crippen LogP contribution in [0.25, 0.3) is 0 Å². The van der Waals surface area contributed by atoms with Crippen molar-refractivity contribution in [1.82, 2.24) is 0 Å². The largest absolute Gasteiger partial charge is 0.478 e. The number of carboxylic acid groups (broad SMARTS) is 1. The van der Waals surface area contributed by atoms with Crippen molar-refractivity contribution in [2.75, 3.05) is 11.5 Å². The van der Waals surface area contributed by atoms with Crippen LogP contribution in [-0.4, -0.2) is 46.0 Å². The minimum atomic E-state index is -0.881. The first-order chi connectivity index (χ1) is 12.6. The lowest BCUT2D eigenvalue weighted by Gasteiger charge is -2.27. The second-order valence-corrected chi connectivity index (χ2v) is 9.06. The third-order valence-electron chi connectivity index (χ3n) is 6.22. The van der Waals surface area contributed by atoms with Crippen LogP contribution in [0.5, 0.6) is 0 Å². The molecule has 4 nitrogen and oxygen atoms in total. The SMILES string of the molecule is O=C(O)C=CCSCC[C@@H]1[C@H](/C=C/C(O)C2CCCCC2)[C@@H]2CC[C@H]1O2. The van der Waals surface area contributed by atoms with Gasteiger partial charge in [-0.15, -0.1) is 0 Å². The van der Waals surface area contributed by atoms with E-state index in [4.69, 9.17) is 9.84 Å². The zero-order chi connectivity index (χ0) is 18.4. The van der Waals surface area contributed by atoms with E-state index in [2.05, 4.69) is 12.2 Å². The monoisotopic (exact) mass is 380 g/mol. The van der Waals surface area contributed by atoms with Crippen molar-refractivity contribution in [3.8, 4) is 0 Å². The Morgan fingerprint density at radius 1 is 1.15 bits per heavy atom. The van der Waals surface area contributed by atoms with E-state index >= 15 is 0 Å². The molecular formula is C21H32O4S. The Balaban J connectivity index is 1.47. The van der Waals surface area contributed by atoms with Crippen LogP contribution in [0.1, 0.15) is 51.4 Å². The third kappa shape index (κ3) is 5.37. The summed E-state index contributed by atoms with van der Waals surface area (Å²) in [5.41, 5.74) is 0. The molecule has 0 spiro atoms. The number of ether oxygens (including phenoxy) is 1. The number of aliphatic hydroxyl groups excluding tert-OH is 1. The van der Waals surface area contributed by atoms with Gasteiger partial charge in [-0.05, 0) is 49.7 Å². The summed E-state index contributed by atoms with van der Waals surface area (Å²) in [6.07, 6.45) is 17.2. The first kappa shape index (κ1) is 20.0. The highest BCUT2D eigenvalue weighted by Gasteiger charge is 2.47. The fourth-order valence-corrected chi connectivity index (χ4v) is 5.69. The van der Waals surface area contributed by atoms with Gasteiger partial charge in [0.25, 0.3) is 0 Å². The van der Waals surface area contributed by atoms with E-state index in [0.717, 1.165) is 43.6 Å². The molecule has 3 aliphatic rings. The molecule has 0 amide bonds. The molecule has 5 atom stereocenters. The van der Waals surface area contributed by atoms with Crippen LogP contribution < -0.4 is 0 Å². The number of thioether (sulfide) groups is 1. The summed E-state index contributed by atoms with van der Waals surface area (Å²) in [5, 5.41) is 19.1. The molecule has 0 aromatic carbocycles. The maximum atomic E-state index is 10.5. The summed E-state index contributed by atoms with van der Waals surface area (Å²) in [5.74, 6) is 2.30. The highest BCUT2D eigenvalue weighted by atomic mass is 32.2. The van der Waals surface area contributed by atoms with E-state index in [-0.39, 0.29) is 6.10 Å². The Labute approximate surface area is 161 Å². The quantitative estimate of drug-likeness (QED) is 0.359. The van der Waals surface area contributed by atoms with Crippen molar-refractivity contribution in [2.24, 2.45) is 17.8 Å². The van der Waals surface area contributed by atoms with Crippen LogP contribution in [0.2, 0.25) is 0 Å². The van der Waals surface area contributed by atoms with Crippen molar-refractivity contribution in [3.05, 3.63) is 24.3 Å². The lowest BCUT2D eigenvalue weighted by molar-refractivity contribution is -0.131. The van der Waals surface area contributed by atoms with Crippen LogP contribution in [-0.2, 0) is 9.53 Å². The van der Waals surface area contributed by atoms with Crippen molar-refractivity contribution in [1.29, 1.82) is 0 Å². The van der Waals surface area contributed by atoms with Gasteiger partial charge in [-0.2, -0.15) is 11.8 Å². The average Bonchev–Trinajstić information content (AvgIpc) is 3.24. The van der Waals surface area contributed by atoms with E-state index in [9.17, 15) is 9.90 Å². The molecule has 5 heteroatoms. The first-order valence-corrected chi connectivity index (χ1v) is 11.3. The second kappa shape index (κ2) is 9.95. The Bertz CT molecular complexity index is 512. The van der Waals surface area contributed by atoms with E-state index in [1.54, 1.807) is 17.8 Å². The van der Waals surface area contributed by atoms with Gasteiger partial charge in [-0.1, -0.05) is 37.5 Å². The minimum absolute atomic E-state index is 0.300. The van der Waals surface area contributed by atoms with E-state index < -0.39 is 5.97 Å². The molecule has 2 N–H and O–H groups in total. The molecular weight excluding hydrogens is 348 g/mol. The molecule has 3 rings (SSSR count). The van der Waals surface area contributed by atoms with Gasteiger partial charge in [0.2, 0.25) is 0 Å². The summed E-state index contributed by atoms with van der Waals surface area (Å²) in [6, 6.07) is 0. The molecule has 0 aromatic rings. The predicted molar refractivity (Wildman–Crippen MR) is 105 cm³/mol. The Kier molecular flexibility index (Phi) is 7.64. The number of aliphatic carboxylic acids is 1. The van der Waals surface area contributed by atoms with Crippen LogP contribution in [0.3, 0.4) is 0 Å². The fourth-order valence-electron chi connectivity index (χ4n) is 4.85. The molecule has 26 heavy (non-hydrogen) atoms. The molecule has 0 radical (unpaired) electrons. The molecule has 0 aromatic heterocycles. The third-order valence-corrected chi connectivity index (χ3v) is 7.17. The van der Waals surface area contributed by atoms with Gasteiger partial charge in [0, 0.05) is 17.7 Å². The smallest absolute Gasteiger partial charge is 0.328 e. The zero-order valence-electron chi connectivity index (χ0n) is 15.5. The average molecular weight is 381 g/mol. The van der Waals surface area contributed by atoms with Crippen LogP contribution >= 0.6 is 11.8 Å². The number of hydrogen-bond donors (Lipinski definition) is 2. The molecule has 1 saturated carbocycles. The van der Waals surface area contributed by atoms with E-state index in [1.807, 2.05) is 0 Å². The number of rotatable bonds is 9. The molecule has 2 saturated heterocycles. The summed E-state index contributed by atoms with van der Waals surface area (Å²) in [6.45, 7) is 0. The molecule has 1 unspecified atom stereocenters. The molecule has 2 bridgehead atoms. The summed E-state index contributed by atoms with van der Waals surface area (Å²) in [4.78, 5) is 10.5. The number of carboxylic acids is 1.